The van der Waals surface area contributed by atoms with Crippen molar-refractivity contribution in [1.82, 2.24) is 25.2 Å². The number of aryl methyl sites for hydroxylation is 1. The number of likely N-dealkylation sites (tertiary alicyclic amines) is 1. The topological polar surface area (TPSA) is 85.9 Å². The second-order valence-corrected chi connectivity index (χ2v) is 9.01. The van der Waals surface area contributed by atoms with Crippen LogP contribution < -0.4 is 10.6 Å². The maximum Gasteiger partial charge on any atom is 0.261 e. The fourth-order valence-electron chi connectivity index (χ4n) is 3.97. The van der Waals surface area contributed by atoms with E-state index in [9.17, 15) is 4.79 Å². The lowest BCUT2D eigenvalue weighted by molar-refractivity contribution is 0.0921. The van der Waals surface area contributed by atoms with Crippen LogP contribution in [0.15, 0.2) is 36.7 Å². The monoisotopic (exact) mass is 420 g/mol. The van der Waals surface area contributed by atoms with Crippen LogP contribution in [-0.4, -0.2) is 51.9 Å². The van der Waals surface area contributed by atoms with Gasteiger partial charge in [0.1, 0.15) is 17.0 Å². The van der Waals surface area contributed by atoms with Crippen molar-refractivity contribution in [3.8, 4) is 0 Å². The zero-order valence-electron chi connectivity index (χ0n) is 17.0. The lowest BCUT2D eigenvalue weighted by atomic mass is 10.1. The standard InChI is InChI=1S/C22H24N6OS/c1-13-9-14-10-16(3-4-18(14)25-13)26-20-17-11-19(30-22(17)24-12-23-20)21(29)27-15-5-7-28(2)8-6-15/h3-4,9-12,15,25H,5-8H2,1-2H3,(H,27,29)(H,23,24,26). The summed E-state index contributed by atoms with van der Waals surface area (Å²) < 4.78 is 0. The highest BCUT2D eigenvalue weighted by molar-refractivity contribution is 7.20. The van der Waals surface area contributed by atoms with Crippen molar-refractivity contribution >= 4 is 49.9 Å². The molecule has 1 aromatic carbocycles. The van der Waals surface area contributed by atoms with Gasteiger partial charge in [-0.3, -0.25) is 4.79 Å². The summed E-state index contributed by atoms with van der Waals surface area (Å²) in [5.41, 5.74) is 3.18. The molecule has 1 amide bonds. The normalized spacial score (nSPS) is 15.7. The summed E-state index contributed by atoms with van der Waals surface area (Å²) in [7, 11) is 2.12. The molecule has 0 atom stereocenters. The van der Waals surface area contributed by atoms with E-state index >= 15 is 0 Å². The predicted octanol–water partition coefficient (Wildman–Crippen LogP) is 4.05. The van der Waals surface area contributed by atoms with Gasteiger partial charge in [0.15, 0.2) is 0 Å². The molecule has 154 valence electrons. The Morgan fingerprint density at radius 3 is 2.87 bits per heavy atom. The minimum atomic E-state index is -0.0253. The average molecular weight is 421 g/mol. The van der Waals surface area contributed by atoms with Crippen LogP contribution >= 0.6 is 11.3 Å². The Labute approximate surface area is 178 Å². The van der Waals surface area contributed by atoms with Crippen molar-refractivity contribution in [3.63, 3.8) is 0 Å². The number of thiophene rings is 1. The molecule has 1 fully saturated rings. The third-order valence-corrected chi connectivity index (χ3v) is 6.67. The number of aromatic nitrogens is 3. The molecule has 8 heteroatoms. The Bertz CT molecular complexity index is 1220. The molecular formula is C22H24N6OS. The van der Waals surface area contributed by atoms with Crippen molar-refractivity contribution in [2.24, 2.45) is 0 Å². The average Bonchev–Trinajstić information content (AvgIpc) is 3.33. The number of carbonyl (C=O) groups excluding carboxylic acids is 1. The first-order valence-corrected chi connectivity index (χ1v) is 11.0. The van der Waals surface area contributed by atoms with Crippen LogP contribution in [0.1, 0.15) is 28.2 Å². The van der Waals surface area contributed by atoms with Crippen LogP contribution in [0.2, 0.25) is 0 Å². The molecule has 0 bridgehead atoms. The highest BCUT2D eigenvalue weighted by Gasteiger charge is 2.21. The third-order valence-electron chi connectivity index (χ3n) is 5.63. The number of anilines is 2. The first-order valence-electron chi connectivity index (χ1n) is 10.2. The Hall–Kier alpha value is -2.97. The number of carbonyl (C=O) groups is 1. The molecule has 1 saturated heterocycles. The zero-order valence-corrected chi connectivity index (χ0v) is 17.8. The summed E-state index contributed by atoms with van der Waals surface area (Å²) >= 11 is 1.41. The van der Waals surface area contributed by atoms with E-state index in [1.807, 2.05) is 19.1 Å². The third kappa shape index (κ3) is 3.76. The lowest BCUT2D eigenvalue weighted by Crippen LogP contribution is -2.43. The summed E-state index contributed by atoms with van der Waals surface area (Å²) in [5, 5.41) is 8.58. The maximum atomic E-state index is 12.8. The quantitative estimate of drug-likeness (QED) is 0.464. The van der Waals surface area contributed by atoms with Crippen LogP contribution in [0, 0.1) is 6.92 Å². The van der Waals surface area contributed by atoms with Crippen molar-refractivity contribution in [1.29, 1.82) is 0 Å². The maximum absolute atomic E-state index is 12.8. The zero-order chi connectivity index (χ0) is 20.7. The van der Waals surface area contributed by atoms with Crippen molar-refractivity contribution < 1.29 is 4.79 Å². The first kappa shape index (κ1) is 19.0. The molecule has 7 nitrogen and oxygen atoms in total. The Kier molecular flexibility index (Phi) is 4.88. The van der Waals surface area contributed by atoms with E-state index in [1.165, 1.54) is 11.3 Å². The summed E-state index contributed by atoms with van der Waals surface area (Å²) in [6.45, 7) is 4.08. The van der Waals surface area contributed by atoms with Gasteiger partial charge in [0, 0.05) is 28.3 Å². The van der Waals surface area contributed by atoms with Crippen LogP contribution in [0.3, 0.4) is 0 Å². The molecule has 1 aliphatic rings. The molecule has 3 aromatic heterocycles. The van der Waals surface area contributed by atoms with Gasteiger partial charge in [-0.25, -0.2) is 9.97 Å². The Balaban J connectivity index is 1.38. The molecule has 0 aliphatic carbocycles. The fourth-order valence-corrected chi connectivity index (χ4v) is 4.87. The lowest BCUT2D eigenvalue weighted by Gasteiger charge is -2.29. The van der Waals surface area contributed by atoms with Gasteiger partial charge >= 0.3 is 0 Å². The summed E-state index contributed by atoms with van der Waals surface area (Å²) in [6.07, 6.45) is 3.51. The molecule has 3 N–H and O–H groups in total. The number of H-pyrrole nitrogens is 1. The number of fused-ring (bicyclic) bond motifs is 2. The van der Waals surface area contributed by atoms with E-state index in [0.717, 1.165) is 58.4 Å². The van der Waals surface area contributed by atoms with Crippen molar-refractivity contribution in [2.45, 2.75) is 25.8 Å². The number of piperidine rings is 1. The van der Waals surface area contributed by atoms with Gasteiger partial charge in [-0.05, 0) is 70.2 Å². The van der Waals surface area contributed by atoms with Gasteiger partial charge in [0.2, 0.25) is 0 Å². The van der Waals surface area contributed by atoms with Crippen LogP contribution in [0.25, 0.3) is 21.1 Å². The number of nitrogens with one attached hydrogen (secondary N) is 3. The largest absolute Gasteiger partial charge is 0.359 e. The number of nitrogens with zero attached hydrogens (tertiary/aromatic N) is 3. The van der Waals surface area contributed by atoms with Gasteiger partial charge in [-0.2, -0.15) is 0 Å². The van der Waals surface area contributed by atoms with Crippen LogP contribution in [-0.2, 0) is 0 Å². The van der Waals surface area contributed by atoms with Gasteiger partial charge < -0.3 is 20.5 Å². The molecule has 0 saturated carbocycles. The number of aromatic amines is 1. The van der Waals surface area contributed by atoms with Crippen LogP contribution in [0.4, 0.5) is 11.5 Å². The minimum absolute atomic E-state index is 0.0253. The molecular weight excluding hydrogens is 396 g/mol. The Morgan fingerprint density at radius 2 is 2.03 bits per heavy atom. The molecule has 30 heavy (non-hydrogen) atoms. The first-order chi connectivity index (χ1) is 14.5. The molecule has 4 heterocycles. The van der Waals surface area contributed by atoms with Crippen molar-refractivity contribution in [2.75, 3.05) is 25.5 Å². The molecule has 1 aliphatic heterocycles. The smallest absolute Gasteiger partial charge is 0.261 e. The molecule has 0 unspecified atom stereocenters. The minimum Gasteiger partial charge on any atom is -0.359 e. The molecule has 0 spiro atoms. The molecule has 4 aromatic rings. The van der Waals surface area contributed by atoms with Crippen molar-refractivity contribution in [3.05, 3.63) is 47.2 Å². The highest BCUT2D eigenvalue weighted by Crippen LogP contribution is 2.31. The van der Waals surface area contributed by atoms with E-state index in [0.29, 0.717) is 10.7 Å². The molecule has 5 rings (SSSR count). The number of benzene rings is 1. The van der Waals surface area contributed by atoms with Gasteiger partial charge in [-0.15, -0.1) is 11.3 Å². The Morgan fingerprint density at radius 1 is 1.20 bits per heavy atom. The summed E-state index contributed by atoms with van der Waals surface area (Å²) in [6, 6.07) is 10.4. The number of hydrogen-bond acceptors (Lipinski definition) is 6. The molecule has 0 radical (unpaired) electrons. The van der Waals surface area contributed by atoms with E-state index in [4.69, 9.17) is 0 Å². The van der Waals surface area contributed by atoms with E-state index in [1.54, 1.807) is 6.33 Å². The fraction of sp³-hybridized carbons (Fsp3) is 0.318. The predicted molar refractivity (Wildman–Crippen MR) is 122 cm³/mol. The van der Waals surface area contributed by atoms with Gasteiger partial charge in [0.05, 0.1) is 10.3 Å². The van der Waals surface area contributed by atoms with Gasteiger partial charge in [0.25, 0.3) is 5.91 Å². The second-order valence-electron chi connectivity index (χ2n) is 7.98. The van der Waals surface area contributed by atoms with Gasteiger partial charge in [-0.1, -0.05) is 0 Å². The second kappa shape index (κ2) is 7.70. The summed E-state index contributed by atoms with van der Waals surface area (Å²) in [4.78, 5) is 28.7. The van der Waals surface area contributed by atoms with E-state index in [-0.39, 0.29) is 11.9 Å². The number of amides is 1. The van der Waals surface area contributed by atoms with E-state index in [2.05, 4.69) is 55.7 Å². The number of rotatable bonds is 4. The van der Waals surface area contributed by atoms with Crippen LogP contribution in [0.5, 0.6) is 0 Å². The summed E-state index contributed by atoms with van der Waals surface area (Å²) in [5.74, 6) is 0.684. The SMILES string of the molecule is Cc1cc2cc(Nc3ncnc4sc(C(=O)NC5CCN(C)CC5)cc34)ccc2[nH]1. The number of hydrogen-bond donors (Lipinski definition) is 3. The highest BCUT2D eigenvalue weighted by atomic mass is 32.1. The van der Waals surface area contributed by atoms with E-state index < -0.39 is 0 Å².